The van der Waals surface area contributed by atoms with Crippen LogP contribution in [-0.2, 0) is 19.1 Å². The predicted octanol–water partition coefficient (Wildman–Crippen LogP) is 0.935. The third kappa shape index (κ3) is 3.42. The maximum Gasteiger partial charge on any atom is 0.326 e. The fourth-order valence-electron chi connectivity index (χ4n) is 1.22. The van der Waals surface area contributed by atoms with Gasteiger partial charge in [0.05, 0.1) is 18.9 Å². The number of hydrogen-bond acceptors (Lipinski definition) is 7. The molecule has 0 aliphatic rings. The van der Waals surface area contributed by atoms with Gasteiger partial charge in [0.2, 0.25) is 0 Å². The van der Waals surface area contributed by atoms with Crippen LogP contribution in [0.2, 0.25) is 0 Å². The highest BCUT2D eigenvalue weighted by Gasteiger charge is 2.33. The van der Waals surface area contributed by atoms with Crippen LogP contribution in [0.25, 0.3) is 0 Å². The molecule has 0 unspecified atom stereocenters. The topological polar surface area (TPSA) is 91.5 Å². The molecule has 0 saturated heterocycles. The second-order valence-corrected chi connectivity index (χ2v) is 3.94. The molecule has 94 valence electrons. The number of thiazole rings is 1. The molecule has 0 saturated carbocycles. The lowest BCUT2D eigenvalue weighted by atomic mass is 10.1. The Labute approximate surface area is 103 Å². The van der Waals surface area contributed by atoms with Crippen LogP contribution in [0.5, 0.6) is 0 Å². The first-order valence-electron chi connectivity index (χ1n) is 5.14. The van der Waals surface area contributed by atoms with Crippen LogP contribution in [0, 0.1) is 0 Å². The number of aromatic nitrogens is 1. The predicted molar refractivity (Wildman–Crippen MR) is 62.5 cm³/mol. The quantitative estimate of drug-likeness (QED) is 0.624. The number of nitrogens with two attached hydrogens (primary N) is 1. The van der Waals surface area contributed by atoms with Gasteiger partial charge in [-0.3, -0.25) is 9.59 Å². The van der Waals surface area contributed by atoms with Gasteiger partial charge >= 0.3 is 11.9 Å². The summed E-state index contributed by atoms with van der Waals surface area (Å²) in [6.07, 6.45) is 0. The van der Waals surface area contributed by atoms with E-state index >= 15 is 0 Å². The van der Waals surface area contributed by atoms with Gasteiger partial charge in [0.25, 0.3) is 0 Å². The summed E-state index contributed by atoms with van der Waals surface area (Å²) >= 11 is 1.15. The summed E-state index contributed by atoms with van der Waals surface area (Å²) in [6, 6.07) is 0. The first-order chi connectivity index (χ1) is 8.10. The summed E-state index contributed by atoms with van der Waals surface area (Å²) in [6.45, 7) is 3.70. The van der Waals surface area contributed by atoms with E-state index in [2.05, 4.69) is 4.98 Å². The van der Waals surface area contributed by atoms with Crippen molar-refractivity contribution in [3.05, 3.63) is 11.1 Å². The number of hydrogen-bond donors (Lipinski definition) is 1. The molecule has 2 N–H and O–H groups in total. The molecule has 0 bridgehead atoms. The van der Waals surface area contributed by atoms with Gasteiger partial charge in [-0.1, -0.05) is 0 Å². The molecule has 7 heteroatoms. The van der Waals surface area contributed by atoms with Crippen molar-refractivity contribution < 1.29 is 19.1 Å². The Kier molecular flexibility index (Phi) is 4.89. The van der Waals surface area contributed by atoms with E-state index in [1.54, 1.807) is 19.2 Å². The number of rotatable bonds is 5. The van der Waals surface area contributed by atoms with Gasteiger partial charge in [0.1, 0.15) is 0 Å². The number of ether oxygens (including phenoxy) is 2. The molecule has 0 spiro atoms. The molecule has 1 rings (SSSR count). The maximum absolute atomic E-state index is 11.7. The normalized spacial score (nSPS) is 10.3. The van der Waals surface area contributed by atoms with Crippen LogP contribution >= 0.6 is 11.3 Å². The van der Waals surface area contributed by atoms with E-state index < -0.39 is 17.9 Å². The fourth-order valence-corrected chi connectivity index (χ4v) is 1.81. The Hall–Kier alpha value is -1.63. The fraction of sp³-hybridized carbons (Fsp3) is 0.500. The van der Waals surface area contributed by atoms with Crippen LogP contribution in [-0.4, -0.2) is 30.1 Å². The molecule has 6 nitrogen and oxygen atoms in total. The summed E-state index contributed by atoms with van der Waals surface area (Å²) < 4.78 is 9.64. The molecule has 0 atom stereocenters. The monoisotopic (exact) mass is 258 g/mol. The van der Waals surface area contributed by atoms with E-state index in [0.717, 1.165) is 11.3 Å². The molecule has 0 radical (unpaired) electrons. The van der Waals surface area contributed by atoms with Gasteiger partial charge in [0, 0.05) is 5.38 Å². The molecular weight excluding hydrogens is 244 g/mol. The minimum Gasteiger partial charge on any atom is -0.465 e. The highest BCUT2D eigenvalue weighted by atomic mass is 32.1. The number of nitrogens with zero attached hydrogens (tertiary/aromatic N) is 1. The second kappa shape index (κ2) is 6.19. The van der Waals surface area contributed by atoms with Crippen molar-refractivity contribution in [2.45, 2.75) is 19.8 Å². The van der Waals surface area contributed by atoms with Crippen LogP contribution in [0.1, 0.15) is 25.5 Å². The van der Waals surface area contributed by atoms with Gasteiger partial charge in [-0.25, -0.2) is 4.98 Å². The van der Waals surface area contributed by atoms with Crippen molar-refractivity contribution >= 4 is 28.4 Å². The number of anilines is 1. The van der Waals surface area contributed by atoms with Crippen LogP contribution in [0.15, 0.2) is 5.38 Å². The molecule has 17 heavy (non-hydrogen) atoms. The Morgan fingerprint density at radius 2 is 1.88 bits per heavy atom. The molecule has 0 aromatic carbocycles. The van der Waals surface area contributed by atoms with Crippen molar-refractivity contribution in [2.75, 3.05) is 18.9 Å². The Morgan fingerprint density at radius 3 is 2.24 bits per heavy atom. The number of nitrogen functional groups attached to an aromatic ring is 1. The van der Waals surface area contributed by atoms with Crippen molar-refractivity contribution in [3.8, 4) is 0 Å². The van der Waals surface area contributed by atoms with Crippen molar-refractivity contribution in [3.63, 3.8) is 0 Å². The number of esters is 2. The van der Waals surface area contributed by atoms with Crippen molar-refractivity contribution in [2.24, 2.45) is 0 Å². The van der Waals surface area contributed by atoms with E-state index in [1.807, 2.05) is 0 Å². The zero-order valence-corrected chi connectivity index (χ0v) is 10.5. The number of carbonyl (C=O) groups is 2. The largest absolute Gasteiger partial charge is 0.465 e. The molecule has 0 amide bonds. The van der Waals surface area contributed by atoms with Gasteiger partial charge in [-0.15, -0.1) is 11.3 Å². The Bertz CT molecular complexity index is 387. The molecule has 1 aromatic rings. The van der Waals surface area contributed by atoms with E-state index in [0.29, 0.717) is 5.13 Å². The smallest absolute Gasteiger partial charge is 0.326 e. The highest BCUT2D eigenvalue weighted by Crippen LogP contribution is 2.22. The molecule has 1 heterocycles. The summed E-state index contributed by atoms with van der Waals surface area (Å²) in [5.74, 6) is -2.49. The van der Waals surface area contributed by atoms with Crippen molar-refractivity contribution in [1.82, 2.24) is 4.98 Å². The summed E-state index contributed by atoms with van der Waals surface area (Å²) in [4.78, 5) is 27.3. The number of carbonyl (C=O) groups excluding carboxylic acids is 2. The van der Waals surface area contributed by atoms with Gasteiger partial charge < -0.3 is 15.2 Å². The second-order valence-electron chi connectivity index (χ2n) is 3.05. The summed E-state index contributed by atoms with van der Waals surface area (Å²) in [7, 11) is 0. The zero-order chi connectivity index (χ0) is 12.8. The first-order valence-corrected chi connectivity index (χ1v) is 6.02. The average molecular weight is 258 g/mol. The van der Waals surface area contributed by atoms with Crippen LogP contribution < -0.4 is 5.73 Å². The van der Waals surface area contributed by atoms with Crippen LogP contribution in [0.4, 0.5) is 5.13 Å². The highest BCUT2D eigenvalue weighted by molar-refractivity contribution is 7.13. The molecule has 0 aliphatic carbocycles. The minimum atomic E-state index is -1.15. The first kappa shape index (κ1) is 13.4. The van der Waals surface area contributed by atoms with E-state index in [-0.39, 0.29) is 18.9 Å². The lowest BCUT2D eigenvalue weighted by Gasteiger charge is -2.11. The third-order valence-electron chi connectivity index (χ3n) is 1.88. The molecular formula is C10H14N2O4S. The molecule has 0 aliphatic heterocycles. The van der Waals surface area contributed by atoms with Crippen molar-refractivity contribution in [1.29, 1.82) is 0 Å². The van der Waals surface area contributed by atoms with Gasteiger partial charge in [0.15, 0.2) is 11.0 Å². The van der Waals surface area contributed by atoms with Crippen LogP contribution in [0.3, 0.4) is 0 Å². The van der Waals surface area contributed by atoms with Gasteiger partial charge in [-0.05, 0) is 13.8 Å². The lowest BCUT2D eigenvalue weighted by molar-refractivity contribution is -0.157. The van der Waals surface area contributed by atoms with E-state index in [9.17, 15) is 9.59 Å². The zero-order valence-electron chi connectivity index (χ0n) is 9.63. The summed E-state index contributed by atoms with van der Waals surface area (Å²) in [5, 5.41) is 1.84. The standard InChI is InChI=1S/C10H14N2O4S/c1-3-15-8(13)7(9(14)16-4-2)6-5-17-10(11)12-6/h5,7H,3-4H2,1-2H3,(H2,11,12). The molecule has 1 aromatic heterocycles. The third-order valence-corrected chi connectivity index (χ3v) is 2.57. The summed E-state index contributed by atoms with van der Waals surface area (Å²) in [5.41, 5.74) is 5.74. The van der Waals surface area contributed by atoms with Gasteiger partial charge in [-0.2, -0.15) is 0 Å². The molecule has 0 fully saturated rings. The Morgan fingerprint density at radius 1 is 1.35 bits per heavy atom. The Balaban J connectivity index is 2.93. The van der Waals surface area contributed by atoms with E-state index in [1.165, 1.54) is 0 Å². The lowest BCUT2D eigenvalue weighted by Crippen LogP contribution is -2.26. The van der Waals surface area contributed by atoms with E-state index in [4.69, 9.17) is 15.2 Å². The average Bonchev–Trinajstić information content (AvgIpc) is 2.66. The minimum absolute atomic E-state index is 0.189. The SMILES string of the molecule is CCOC(=O)C(C(=O)OCC)c1csc(N)n1. The maximum atomic E-state index is 11.7.